The molecule has 100 valence electrons. The highest BCUT2D eigenvalue weighted by Gasteiger charge is 2.12. The monoisotopic (exact) mass is 266 g/mol. The number of aryl methyl sites for hydroxylation is 1. The van der Waals surface area contributed by atoms with Gasteiger partial charge in [-0.3, -0.25) is 0 Å². The summed E-state index contributed by atoms with van der Waals surface area (Å²) in [5.74, 6) is 0.774. The van der Waals surface area contributed by atoms with Gasteiger partial charge in [-0.05, 0) is 25.1 Å². The van der Waals surface area contributed by atoms with Gasteiger partial charge in [0, 0.05) is 11.1 Å². The summed E-state index contributed by atoms with van der Waals surface area (Å²) in [5.41, 5.74) is 8.93. The Balaban J connectivity index is 2.28. The van der Waals surface area contributed by atoms with Crippen molar-refractivity contribution in [2.24, 2.45) is 0 Å². The summed E-state index contributed by atoms with van der Waals surface area (Å²) in [4.78, 5) is 12.9. The van der Waals surface area contributed by atoms with Crippen LogP contribution in [0.15, 0.2) is 36.4 Å². The Hall–Kier alpha value is -2.69. The number of methoxy groups -OCH3 is 1. The van der Waals surface area contributed by atoms with Gasteiger partial charge >= 0.3 is 0 Å². The van der Waals surface area contributed by atoms with E-state index < -0.39 is 0 Å². The molecule has 0 saturated heterocycles. The highest BCUT2D eigenvalue weighted by Crippen LogP contribution is 2.30. The molecule has 0 aliphatic rings. The molecule has 3 rings (SSSR count). The lowest BCUT2D eigenvalue weighted by atomic mass is 10.1. The molecule has 0 radical (unpaired) electrons. The van der Waals surface area contributed by atoms with Crippen molar-refractivity contribution in [2.45, 2.75) is 6.92 Å². The summed E-state index contributed by atoms with van der Waals surface area (Å²) in [6.07, 6.45) is 0. The van der Waals surface area contributed by atoms with E-state index in [9.17, 15) is 0 Å². The first-order valence-corrected chi connectivity index (χ1v) is 6.22. The van der Waals surface area contributed by atoms with E-state index in [0.717, 1.165) is 22.2 Å². The lowest BCUT2D eigenvalue weighted by Crippen LogP contribution is -2.00. The number of para-hydroxylation sites is 1. The minimum Gasteiger partial charge on any atom is -0.480 e. The van der Waals surface area contributed by atoms with Gasteiger partial charge in [-0.1, -0.05) is 18.2 Å². The van der Waals surface area contributed by atoms with Crippen molar-refractivity contribution in [1.29, 1.82) is 0 Å². The molecule has 0 unspecified atom stereocenters. The standard InChI is InChI=1S/C15H14N4O/c1-9-7-13(19-15(16)17-9)11-8-10-5-3-4-6-12(10)18-14(11)20-2/h3-8H,1-2H3,(H2,16,17,19). The maximum atomic E-state index is 5.72. The minimum absolute atomic E-state index is 0.246. The maximum Gasteiger partial charge on any atom is 0.223 e. The molecule has 1 aromatic carbocycles. The van der Waals surface area contributed by atoms with E-state index in [1.54, 1.807) is 7.11 Å². The Morgan fingerprint density at radius 1 is 1.05 bits per heavy atom. The predicted molar refractivity (Wildman–Crippen MR) is 78.5 cm³/mol. The van der Waals surface area contributed by atoms with Crippen LogP contribution in [0.4, 0.5) is 5.95 Å². The number of aromatic nitrogens is 3. The lowest BCUT2D eigenvalue weighted by molar-refractivity contribution is 0.401. The Morgan fingerprint density at radius 2 is 1.85 bits per heavy atom. The molecule has 0 bridgehead atoms. The second kappa shape index (κ2) is 4.77. The smallest absolute Gasteiger partial charge is 0.223 e. The molecule has 2 heterocycles. The summed E-state index contributed by atoms with van der Waals surface area (Å²) < 4.78 is 5.38. The molecule has 0 amide bonds. The van der Waals surface area contributed by atoms with Gasteiger partial charge in [-0.25, -0.2) is 15.0 Å². The van der Waals surface area contributed by atoms with Crippen LogP contribution >= 0.6 is 0 Å². The number of nitrogens with two attached hydrogens (primary N) is 1. The number of fused-ring (bicyclic) bond motifs is 1. The zero-order chi connectivity index (χ0) is 14.1. The van der Waals surface area contributed by atoms with Gasteiger partial charge in [-0.15, -0.1) is 0 Å². The third kappa shape index (κ3) is 2.14. The first-order chi connectivity index (χ1) is 9.67. The van der Waals surface area contributed by atoms with Crippen molar-refractivity contribution in [2.75, 3.05) is 12.8 Å². The maximum absolute atomic E-state index is 5.72. The van der Waals surface area contributed by atoms with Crippen LogP contribution in [0.2, 0.25) is 0 Å². The van der Waals surface area contributed by atoms with Gasteiger partial charge in [0.2, 0.25) is 11.8 Å². The van der Waals surface area contributed by atoms with E-state index in [1.165, 1.54) is 0 Å². The third-order valence-electron chi connectivity index (χ3n) is 3.03. The summed E-state index contributed by atoms with van der Waals surface area (Å²) >= 11 is 0. The minimum atomic E-state index is 0.246. The Morgan fingerprint density at radius 3 is 2.60 bits per heavy atom. The molecule has 0 aliphatic heterocycles. The van der Waals surface area contributed by atoms with Crippen LogP contribution < -0.4 is 10.5 Å². The molecular weight excluding hydrogens is 252 g/mol. The zero-order valence-electron chi connectivity index (χ0n) is 11.3. The van der Waals surface area contributed by atoms with Crippen molar-refractivity contribution in [3.63, 3.8) is 0 Å². The van der Waals surface area contributed by atoms with Gasteiger partial charge in [0.25, 0.3) is 0 Å². The molecule has 2 N–H and O–H groups in total. The van der Waals surface area contributed by atoms with Crippen molar-refractivity contribution in [1.82, 2.24) is 15.0 Å². The Bertz CT molecular complexity index is 766. The van der Waals surface area contributed by atoms with Crippen LogP contribution in [-0.2, 0) is 0 Å². The number of pyridine rings is 1. The van der Waals surface area contributed by atoms with Crippen LogP contribution in [0.25, 0.3) is 22.2 Å². The first-order valence-electron chi connectivity index (χ1n) is 6.22. The molecule has 20 heavy (non-hydrogen) atoms. The van der Waals surface area contributed by atoms with Crippen LogP contribution in [0.1, 0.15) is 5.69 Å². The van der Waals surface area contributed by atoms with Gasteiger partial charge in [0.1, 0.15) is 0 Å². The highest BCUT2D eigenvalue weighted by molar-refractivity contribution is 5.85. The van der Waals surface area contributed by atoms with E-state index in [4.69, 9.17) is 10.5 Å². The quantitative estimate of drug-likeness (QED) is 0.771. The zero-order valence-corrected chi connectivity index (χ0v) is 11.3. The number of benzene rings is 1. The molecule has 0 spiro atoms. The molecule has 2 aromatic heterocycles. The normalized spacial score (nSPS) is 10.7. The average Bonchev–Trinajstić information content (AvgIpc) is 2.44. The Kier molecular flexibility index (Phi) is 2.95. The summed E-state index contributed by atoms with van der Waals surface area (Å²) in [5, 5.41) is 1.03. The number of nitrogen functional groups attached to an aromatic ring is 1. The van der Waals surface area contributed by atoms with Crippen molar-refractivity contribution in [3.8, 4) is 17.1 Å². The fraction of sp³-hybridized carbons (Fsp3) is 0.133. The molecule has 0 atom stereocenters. The molecular formula is C15H14N4O. The van der Waals surface area contributed by atoms with Gasteiger partial charge in [0.05, 0.1) is 23.9 Å². The summed E-state index contributed by atoms with van der Waals surface area (Å²) in [6.45, 7) is 1.88. The number of ether oxygens (including phenoxy) is 1. The predicted octanol–water partition coefficient (Wildman–Crippen LogP) is 2.59. The van der Waals surface area contributed by atoms with Crippen LogP contribution in [0, 0.1) is 6.92 Å². The fourth-order valence-electron chi connectivity index (χ4n) is 2.17. The topological polar surface area (TPSA) is 73.9 Å². The molecule has 0 fully saturated rings. The van der Waals surface area contributed by atoms with Crippen LogP contribution in [-0.4, -0.2) is 22.1 Å². The SMILES string of the molecule is COc1nc2ccccc2cc1-c1cc(C)nc(N)n1. The molecule has 5 heteroatoms. The number of hydrogen-bond acceptors (Lipinski definition) is 5. The van der Waals surface area contributed by atoms with E-state index in [1.807, 2.05) is 43.3 Å². The van der Waals surface area contributed by atoms with Crippen LogP contribution in [0.5, 0.6) is 5.88 Å². The average molecular weight is 266 g/mol. The second-order valence-corrected chi connectivity index (χ2v) is 4.49. The Labute approximate surface area is 116 Å². The molecule has 3 aromatic rings. The lowest BCUT2D eigenvalue weighted by Gasteiger charge is -2.09. The summed E-state index contributed by atoms with van der Waals surface area (Å²) in [7, 11) is 1.60. The molecule has 0 saturated carbocycles. The van der Waals surface area contributed by atoms with E-state index in [2.05, 4.69) is 15.0 Å². The van der Waals surface area contributed by atoms with Crippen LogP contribution in [0.3, 0.4) is 0 Å². The van der Waals surface area contributed by atoms with E-state index in [-0.39, 0.29) is 5.95 Å². The van der Waals surface area contributed by atoms with Gasteiger partial charge < -0.3 is 10.5 Å². The first kappa shape index (κ1) is 12.3. The number of anilines is 1. The van der Waals surface area contributed by atoms with Crippen molar-refractivity contribution in [3.05, 3.63) is 42.1 Å². The highest BCUT2D eigenvalue weighted by atomic mass is 16.5. The molecule has 5 nitrogen and oxygen atoms in total. The third-order valence-corrected chi connectivity index (χ3v) is 3.03. The van der Waals surface area contributed by atoms with Gasteiger partial charge in [-0.2, -0.15) is 0 Å². The van der Waals surface area contributed by atoms with Crippen molar-refractivity contribution >= 4 is 16.9 Å². The molecule has 0 aliphatic carbocycles. The summed E-state index contributed by atoms with van der Waals surface area (Å²) in [6, 6.07) is 11.7. The van der Waals surface area contributed by atoms with Crippen molar-refractivity contribution < 1.29 is 4.74 Å². The van der Waals surface area contributed by atoms with E-state index >= 15 is 0 Å². The van der Waals surface area contributed by atoms with E-state index in [0.29, 0.717) is 11.6 Å². The largest absolute Gasteiger partial charge is 0.480 e. The fourth-order valence-corrected chi connectivity index (χ4v) is 2.17. The number of nitrogens with zero attached hydrogens (tertiary/aromatic N) is 3. The number of hydrogen-bond donors (Lipinski definition) is 1. The number of rotatable bonds is 2. The van der Waals surface area contributed by atoms with Gasteiger partial charge in [0.15, 0.2) is 0 Å². The second-order valence-electron chi connectivity index (χ2n) is 4.49.